The molecule has 0 fully saturated rings. The van der Waals surface area contributed by atoms with Gasteiger partial charge in [-0.05, 0) is 6.92 Å². The third-order valence-corrected chi connectivity index (χ3v) is 4.23. The molecule has 1 amide bonds. The van der Waals surface area contributed by atoms with Gasteiger partial charge in [-0.15, -0.1) is 0 Å². The third-order valence-electron chi connectivity index (χ3n) is 1.41. The van der Waals surface area contributed by atoms with Crippen LogP contribution in [0, 0.1) is 6.92 Å². The largest absolute Gasteiger partial charge is 0.368 e. The number of aryl methyl sites for hydroxylation is 1. The zero-order valence-electron chi connectivity index (χ0n) is 8.14. The molecular formula is C6H9N3O5S2. The summed E-state index contributed by atoms with van der Waals surface area (Å²) >= 11 is 0.522. The standard InChI is InChI=1S/C6H9N3O5S2/c1-3-5(15-6(11)8-3)16(12,13)9-14-2-4(7)10/h9H,2H2,1H3,(H2,7,10)(H,8,11). The Morgan fingerprint density at radius 2 is 2.25 bits per heavy atom. The van der Waals surface area contributed by atoms with Crippen LogP contribution in [-0.2, 0) is 19.7 Å². The van der Waals surface area contributed by atoms with E-state index in [0.29, 0.717) is 11.3 Å². The predicted octanol–water partition coefficient (Wildman–Crippen LogP) is -1.56. The van der Waals surface area contributed by atoms with Gasteiger partial charge in [0.15, 0.2) is 4.21 Å². The van der Waals surface area contributed by atoms with Gasteiger partial charge in [0, 0.05) is 5.69 Å². The van der Waals surface area contributed by atoms with E-state index in [4.69, 9.17) is 5.73 Å². The van der Waals surface area contributed by atoms with Crippen molar-refractivity contribution in [2.24, 2.45) is 5.73 Å². The van der Waals surface area contributed by atoms with Gasteiger partial charge in [-0.3, -0.25) is 14.4 Å². The summed E-state index contributed by atoms with van der Waals surface area (Å²) < 4.78 is 22.8. The summed E-state index contributed by atoms with van der Waals surface area (Å²) in [5, 5.41) is 0. The SMILES string of the molecule is Cc1[nH]c(=O)sc1S(=O)(=O)NOCC(N)=O. The van der Waals surface area contributed by atoms with Gasteiger partial charge in [-0.25, -0.2) is 8.42 Å². The Morgan fingerprint density at radius 3 is 2.69 bits per heavy atom. The van der Waals surface area contributed by atoms with E-state index in [1.54, 1.807) is 4.89 Å². The Kier molecular flexibility index (Phi) is 3.80. The van der Waals surface area contributed by atoms with Gasteiger partial charge in [-0.2, -0.15) is 0 Å². The number of aromatic amines is 1. The number of primary amides is 1. The van der Waals surface area contributed by atoms with Crippen molar-refractivity contribution in [2.75, 3.05) is 6.61 Å². The minimum atomic E-state index is -3.96. The summed E-state index contributed by atoms with van der Waals surface area (Å²) in [4.78, 5) is 29.1. The lowest BCUT2D eigenvalue weighted by atomic mass is 10.6. The Labute approximate surface area is 94.4 Å². The van der Waals surface area contributed by atoms with Crippen LogP contribution in [0.5, 0.6) is 0 Å². The molecule has 0 saturated heterocycles. The van der Waals surface area contributed by atoms with Gasteiger partial charge in [0.25, 0.3) is 10.0 Å². The number of amides is 1. The number of thiazole rings is 1. The number of H-pyrrole nitrogens is 1. The highest BCUT2D eigenvalue weighted by Crippen LogP contribution is 2.14. The fourth-order valence-corrected chi connectivity index (χ4v) is 2.95. The van der Waals surface area contributed by atoms with Crippen LogP contribution in [0.4, 0.5) is 0 Å². The van der Waals surface area contributed by atoms with Gasteiger partial charge in [-0.1, -0.05) is 16.2 Å². The number of hydrogen-bond donors (Lipinski definition) is 3. The maximum atomic E-state index is 11.5. The monoisotopic (exact) mass is 267 g/mol. The smallest absolute Gasteiger partial charge is 0.305 e. The van der Waals surface area contributed by atoms with Crippen molar-refractivity contribution in [3.8, 4) is 0 Å². The zero-order chi connectivity index (χ0) is 12.3. The lowest BCUT2D eigenvalue weighted by molar-refractivity contribution is -0.123. The highest BCUT2D eigenvalue weighted by Gasteiger charge is 2.20. The van der Waals surface area contributed by atoms with Gasteiger partial charge < -0.3 is 10.7 Å². The Hall–Kier alpha value is -1.23. The molecule has 16 heavy (non-hydrogen) atoms. The van der Waals surface area contributed by atoms with Crippen LogP contribution in [0.1, 0.15) is 5.69 Å². The number of carbonyl (C=O) groups is 1. The lowest BCUT2D eigenvalue weighted by Gasteiger charge is -2.03. The van der Waals surface area contributed by atoms with E-state index in [9.17, 15) is 18.0 Å². The molecule has 0 saturated carbocycles. The number of nitrogens with two attached hydrogens (primary N) is 1. The molecule has 10 heteroatoms. The van der Waals surface area contributed by atoms with E-state index in [1.165, 1.54) is 6.92 Å². The third kappa shape index (κ3) is 3.13. The van der Waals surface area contributed by atoms with E-state index >= 15 is 0 Å². The summed E-state index contributed by atoms with van der Waals surface area (Å²) in [6.07, 6.45) is 0. The fraction of sp³-hybridized carbons (Fsp3) is 0.333. The summed E-state index contributed by atoms with van der Waals surface area (Å²) in [6.45, 7) is 0.845. The first-order valence-corrected chi connectivity index (χ1v) is 6.24. The molecule has 90 valence electrons. The number of nitrogens with one attached hydrogen (secondary N) is 2. The molecule has 8 nitrogen and oxygen atoms in total. The average molecular weight is 267 g/mol. The molecule has 0 spiro atoms. The number of hydrogen-bond acceptors (Lipinski definition) is 6. The molecule has 1 aromatic heterocycles. The predicted molar refractivity (Wildman–Crippen MR) is 55.1 cm³/mol. The van der Waals surface area contributed by atoms with Crippen LogP contribution in [0.15, 0.2) is 9.00 Å². The molecular weight excluding hydrogens is 258 g/mol. The minimum absolute atomic E-state index is 0.193. The Morgan fingerprint density at radius 1 is 1.62 bits per heavy atom. The molecule has 0 unspecified atom stereocenters. The first-order valence-electron chi connectivity index (χ1n) is 3.94. The van der Waals surface area contributed by atoms with Crippen LogP contribution in [0.2, 0.25) is 0 Å². The number of carbonyl (C=O) groups excluding carboxylic acids is 1. The van der Waals surface area contributed by atoms with Crippen molar-refractivity contribution in [1.29, 1.82) is 0 Å². The first-order chi connectivity index (χ1) is 7.33. The molecule has 0 aromatic carbocycles. The van der Waals surface area contributed by atoms with Gasteiger partial charge in [0.1, 0.15) is 6.61 Å². The van der Waals surface area contributed by atoms with Crippen molar-refractivity contribution >= 4 is 27.3 Å². The van der Waals surface area contributed by atoms with Crippen LogP contribution in [0.3, 0.4) is 0 Å². The number of sulfonamides is 1. The van der Waals surface area contributed by atoms with Gasteiger partial charge in [0.2, 0.25) is 5.91 Å². The van der Waals surface area contributed by atoms with E-state index in [1.807, 2.05) is 0 Å². The highest BCUT2D eigenvalue weighted by molar-refractivity contribution is 7.91. The van der Waals surface area contributed by atoms with E-state index in [0.717, 1.165) is 0 Å². The van der Waals surface area contributed by atoms with E-state index in [-0.39, 0.29) is 9.90 Å². The van der Waals surface area contributed by atoms with Crippen molar-refractivity contribution in [3.63, 3.8) is 0 Å². The minimum Gasteiger partial charge on any atom is -0.368 e. The molecule has 0 aliphatic rings. The van der Waals surface area contributed by atoms with Crippen molar-refractivity contribution in [1.82, 2.24) is 9.87 Å². The second-order valence-electron chi connectivity index (χ2n) is 2.77. The summed E-state index contributed by atoms with van der Waals surface area (Å²) in [6, 6.07) is 0. The molecule has 0 radical (unpaired) electrons. The molecule has 1 aromatic rings. The first kappa shape index (κ1) is 12.8. The topological polar surface area (TPSA) is 131 Å². The number of aromatic nitrogens is 1. The molecule has 4 N–H and O–H groups in total. The van der Waals surface area contributed by atoms with Crippen molar-refractivity contribution < 1.29 is 18.0 Å². The molecule has 0 bridgehead atoms. The highest BCUT2D eigenvalue weighted by atomic mass is 32.2. The van der Waals surface area contributed by atoms with E-state index in [2.05, 4.69) is 9.82 Å². The quantitative estimate of drug-likeness (QED) is 0.555. The Balaban J connectivity index is 2.82. The second kappa shape index (κ2) is 4.74. The molecule has 1 heterocycles. The second-order valence-corrected chi connectivity index (χ2v) is 5.59. The maximum Gasteiger partial charge on any atom is 0.305 e. The normalized spacial score (nSPS) is 11.6. The Bertz CT molecular complexity index is 543. The van der Waals surface area contributed by atoms with Crippen LogP contribution < -0.4 is 15.5 Å². The molecule has 0 atom stereocenters. The van der Waals surface area contributed by atoms with Crippen LogP contribution >= 0.6 is 11.3 Å². The van der Waals surface area contributed by atoms with E-state index < -0.39 is 27.4 Å². The van der Waals surface area contributed by atoms with Crippen molar-refractivity contribution in [2.45, 2.75) is 11.1 Å². The van der Waals surface area contributed by atoms with Crippen LogP contribution in [0.25, 0.3) is 0 Å². The maximum absolute atomic E-state index is 11.5. The van der Waals surface area contributed by atoms with Crippen LogP contribution in [-0.4, -0.2) is 25.9 Å². The van der Waals surface area contributed by atoms with Gasteiger partial charge >= 0.3 is 4.87 Å². The lowest BCUT2D eigenvalue weighted by Crippen LogP contribution is -2.29. The summed E-state index contributed by atoms with van der Waals surface area (Å²) in [5.74, 6) is -0.818. The fourth-order valence-electron chi connectivity index (χ4n) is 0.863. The molecule has 0 aliphatic carbocycles. The zero-order valence-corrected chi connectivity index (χ0v) is 9.78. The summed E-state index contributed by atoms with van der Waals surface area (Å²) in [5.41, 5.74) is 4.94. The van der Waals surface area contributed by atoms with Gasteiger partial charge in [0.05, 0.1) is 0 Å². The molecule has 0 aliphatic heterocycles. The average Bonchev–Trinajstić information content (AvgIpc) is 2.44. The number of rotatable bonds is 5. The van der Waals surface area contributed by atoms with Crippen molar-refractivity contribution in [3.05, 3.63) is 15.4 Å². The summed E-state index contributed by atoms with van der Waals surface area (Å²) in [7, 11) is -3.96. The molecule has 1 rings (SSSR count).